The second kappa shape index (κ2) is 20.9. The SMILES string of the molecule is C.C.CC1=CCC(C(=O)c2ccc(C)c(C)c2)C=C1C.Cc1ccc(C(C)(c2ccc(C)c(C)c2)C(F)(F)F)cc1C.Cc1ccc(OC2=CC(C)C(C)C=C2)cc1C. The van der Waals surface area contributed by atoms with E-state index in [2.05, 4.69) is 97.9 Å². The van der Waals surface area contributed by atoms with Crippen LogP contribution in [0.5, 0.6) is 5.75 Å². The van der Waals surface area contributed by atoms with E-state index in [0.717, 1.165) is 45.7 Å². The van der Waals surface area contributed by atoms with Crippen LogP contribution in [0.15, 0.2) is 120 Å². The number of hydrogen-bond acceptors (Lipinski definition) is 2. The Bertz CT molecular complexity index is 2160. The average Bonchev–Trinajstić information content (AvgIpc) is 3.15. The van der Waals surface area contributed by atoms with Crippen LogP contribution in [0, 0.1) is 73.1 Å². The van der Waals surface area contributed by atoms with E-state index in [1.807, 2.05) is 52.0 Å². The molecular formula is C54H69F3O2. The number of halogens is 3. The van der Waals surface area contributed by atoms with E-state index < -0.39 is 11.6 Å². The van der Waals surface area contributed by atoms with Gasteiger partial charge in [0, 0.05) is 11.5 Å². The Hall–Kier alpha value is -4.90. The highest BCUT2D eigenvalue weighted by Gasteiger charge is 2.53. The van der Waals surface area contributed by atoms with Gasteiger partial charge in [0.2, 0.25) is 0 Å². The van der Waals surface area contributed by atoms with Crippen LogP contribution in [0.3, 0.4) is 0 Å². The Balaban J connectivity index is 0.000000303. The van der Waals surface area contributed by atoms with Gasteiger partial charge in [-0.1, -0.05) is 113 Å². The van der Waals surface area contributed by atoms with Crippen molar-refractivity contribution < 1.29 is 22.7 Å². The molecule has 0 aromatic heterocycles. The zero-order valence-electron chi connectivity index (χ0n) is 36.2. The lowest BCUT2D eigenvalue weighted by Gasteiger charge is -2.34. The standard InChI is InChI=1S/C19H21F3.C17H20O.C16H20O.2CH4/c1-12-6-8-16(10-14(12)3)18(5,19(20,21)22)17-9-7-13(2)15(4)11-17;1-11-5-7-15(9-13(11)3)17(18)16-8-6-12(2)14(4)10-16;1-11-5-7-15(9-13(11)3)17-16-8-6-12(2)14(4)10-16;;/h6-11H,1-5H3;5-7,9-10,16H,8H2,1-4H3;5-11,13H,1-4H3;2*1H4. The lowest BCUT2D eigenvalue weighted by Crippen LogP contribution is -2.40. The van der Waals surface area contributed by atoms with Crippen LogP contribution >= 0.6 is 0 Å². The zero-order valence-corrected chi connectivity index (χ0v) is 36.2. The molecule has 0 saturated heterocycles. The molecule has 318 valence electrons. The fourth-order valence-corrected chi connectivity index (χ4v) is 6.73. The third kappa shape index (κ3) is 12.3. The van der Waals surface area contributed by atoms with E-state index in [1.54, 1.807) is 36.4 Å². The first-order valence-corrected chi connectivity index (χ1v) is 20.0. The Morgan fingerprint density at radius 2 is 1.07 bits per heavy atom. The number of ketones is 1. The Morgan fingerprint density at radius 1 is 0.593 bits per heavy atom. The molecule has 3 unspecified atom stereocenters. The van der Waals surface area contributed by atoms with Crippen LogP contribution < -0.4 is 4.74 Å². The minimum absolute atomic E-state index is 0. The molecule has 0 fully saturated rings. The van der Waals surface area contributed by atoms with E-state index in [0.29, 0.717) is 11.8 Å². The molecule has 0 heterocycles. The van der Waals surface area contributed by atoms with Gasteiger partial charge in [-0.15, -0.1) is 0 Å². The molecule has 0 radical (unpaired) electrons. The second-order valence-electron chi connectivity index (χ2n) is 16.5. The van der Waals surface area contributed by atoms with Gasteiger partial charge in [0.15, 0.2) is 5.78 Å². The summed E-state index contributed by atoms with van der Waals surface area (Å²) in [5.41, 5.74) is 10.6. The highest BCUT2D eigenvalue weighted by atomic mass is 19.4. The predicted octanol–water partition coefficient (Wildman–Crippen LogP) is 15.9. The first-order valence-electron chi connectivity index (χ1n) is 20.0. The maximum atomic E-state index is 13.9. The van der Waals surface area contributed by atoms with E-state index >= 15 is 0 Å². The molecule has 0 N–H and O–H groups in total. The van der Waals surface area contributed by atoms with Crippen molar-refractivity contribution in [3.63, 3.8) is 0 Å². The van der Waals surface area contributed by atoms with E-state index in [4.69, 9.17) is 4.74 Å². The molecule has 6 rings (SSSR count). The van der Waals surface area contributed by atoms with Crippen LogP contribution in [-0.2, 0) is 5.41 Å². The summed E-state index contributed by atoms with van der Waals surface area (Å²) in [6.45, 7) is 25.7. The summed E-state index contributed by atoms with van der Waals surface area (Å²) in [4.78, 5) is 12.4. The number of hydrogen-bond donors (Lipinski definition) is 0. The summed E-state index contributed by atoms with van der Waals surface area (Å²) in [7, 11) is 0. The molecule has 2 aliphatic carbocycles. The van der Waals surface area contributed by atoms with Crippen LogP contribution in [0.1, 0.15) is 122 Å². The fourth-order valence-electron chi connectivity index (χ4n) is 6.73. The molecule has 59 heavy (non-hydrogen) atoms. The van der Waals surface area contributed by atoms with Gasteiger partial charge in [-0.2, -0.15) is 13.2 Å². The quantitative estimate of drug-likeness (QED) is 0.181. The van der Waals surface area contributed by atoms with Crippen molar-refractivity contribution in [3.8, 4) is 5.75 Å². The third-order valence-corrected chi connectivity index (χ3v) is 12.1. The highest BCUT2D eigenvalue weighted by Crippen LogP contribution is 2.46. The minimum Gasteiger partial charge on any atom is -0.458 e. The molecule has 0 spiro atoms. The van der Waals surface area contributed by atoms with Gasteiger partial charge in [-0.3, -0.25) is 4.79 Å². The molecule has 3 atom stereocenters. The number of rotatable bonds is 6. The largest absolute Gasteiger partial charge is 0.458 e. The summed E-state index contributed by atoms with van der Waals surface area (Å²) >= 11 is 0. The normalized spacial score (nSPS) is 17.3. The van der Waals surface area contributed by atoms with Crippen molar-refractivity contribution in [2.24, 2.45) is 17.8 Å². The van der Waals surface area contributed by atoms with Crippen molar-refractivity contribution in [1.82, 2.24) is 0 Å². The molecule has 0 bridgehead atoms. The van der Waals surface area contributed by atoms with E-state index in [-0.39, 0.29) is 37.7 Å². The summed E-state index contributed by atoms with van der Waals surface area (Å²) in [6.07, 6.45) is 7.21. The summed E-state index contributed by atoms with van der Waals surface area (Å²) in [5.74, 6) is 3.27. The predicted molar refractivity (Wildman–Crippen MR) is 246 cm³/mol. The first kappa shape index (κ1) is 50.2. The molecule has 2 nitrogen and oxygen atoms in total. The van der Waals surface area contributed by atoms with Gasteiger partial charge < -0.3 is 4.74 Å². The van der Waals surface area contributed by atoms with Crippen molar-refractivity contribution in [3.05, 3.63) is 181 Å². The highest BCUT2D eigenvalue weighted by molar-refractivity contribution is 5.99. The summed E-state index contributed by atoms with van der Waals surface area (Å²) < 4.78 is 47.7. The van der Waals surface area contributed by atoms with Gasteiger partial charge in [-0.25, -0.2) is 0 Å². The maximum Gasteiger partial charge on any atom is 0.402 e. The van der Waals surface area contributed by atoms with Gasteiger partial charge in [0.1, 0.15) is 16.9 Å². The average molecular weight is 807 g/mol. The number of carbonyl (C=O) groups excluding carboxylic acids is 1. The number of aryl methyl sites for hydroxylation is 8. The van der Waals surface area contributed by atoms with Gasteiger partial charge in [-0.05, 0) is 180 Å². The number of ether oxygens (including phenoxy) is 1. The van der Waals surface area contributed by atoms with Crippen molar-refractivity contribution >= 4 is 5.78 Å². The van der Waals surface area contributed by atoms with Crippen LogP contribution in [-0.4, -0.2) is 12.0 Å². The smallest absolute Gasteiger partial charge is 0.402 e. The Labute approximate surface area is 355 Å². The van der Waals surface area contributed by atoms with Gasteiger partial charge >= 0.3 is 6.18 Å². The molecule has 4 aromatic rings. The lowest BCUT2D eigenvalue weighted by molar-refractivity contribution is -0.173. The zero-order chi connectivity index (χ0) is 42.4. The van der Waals surface area contributed by atoms with Crippen molar-refractivity contribution in [2.45, 2.75) is 123 Å². The number of carbonyl (C=O) groups is 1. The topological polar surface area (TPSA) is 26.3 Å². The number of allylic oxidation sites excluding steroid dienone is 7. The summed E-state index contributed by atoms with van der Waals surface area (Å²) in [5, 5.41) is 0. The van der Waals surface area contributed by atoms with Crippen LogP contribution in [0.2, 0.25) is 0 Å². The fraction of sp³-hybridized carbons (Fsp3) is 0.389. The second-order valence-corrected chi connectivity index (χ2v) is 16.5. The minimum atomic E-state index is -4.36. The van der Waals surface area contributed by atoms with Crippen LogP contribution in [0.25, 0.3) is 0 Å². The molecule has 0 amide bonds. The van der Waals surface area contributed by atoms with E-state index in [1.165, 1.54) is 40.3 Å². The molecular weight excluding hydrogens is 738 g/mol. The Kier molecular flexibility index (Phi) is 17.8. The maximum absolute atomic E-state index is 13.9. The van der Waals surface area contributed by atoms with Crippen molar-refractivity contribution in [1.29, 1.82) is 0 Å². The number of alkyl halides is 3. The number of benzene rings is 4. The Morgan fingerprint density at radius 3 is 1.51 bits per heavy atom. The summed E-state index contributed by atoms with van der Waals surface area (Å²) in [6, 6.07) is 22.2. The lowest BCUT2D eigenvalue weighted by atomic mass is 9.74. The molecule has 2 aliphatic rings. The van der Waals surface area contributed by atoms with Gasteiger partial charge in [0.05, 0.1) is 0 Å². The van der Waals surface area contributed by atoms with Crippen LogP contribution in [0.4, 0.5) is 13.2 Å². The van der Waals surface area contributed by atoms with Gasteiger partial charge in [0.25, 0.3) is 0 Å². The molecule has 0 saturated carbocycles. The third-order valence-electron chi connectivity index (χ3n) is 12.1. The monoisotopic (exact) mass is 807 g/mol. The van der Waals surface area contributed by atoms with Crippen molar-refractivity contribution in [2.75, 3.05) is 0 Å². The van der Waals surface area contributed by atoms with E-state index in [9.17, 15) is 18.0 Å². The molecule has 5 heteroatoms. The molecule has 0 aliphatic heterocycles. The number of Topliss-reactive ketones (excluding diaryl/α,β-unsaturated/α-hetero) is 1. The molecule has 4 aromatic carbocycles. The first-order chi connectivity index (χ1) is 26.6.